The maximum atomic E-state index is 10.7. The van der Waals surface area contributed by atoms with Gasteiger partial charge in [0.2, 0.25) is 0 Å². The summed E-state index contributed by atoms with van der Waals surface area (Å²) in [6.45, 7) is 0.604. The Morgan fingerprint density at radius 2 is 2.05 bits per heavy atom. The summed E-state index contributed by atoms with van der Waals surface area (Å²) < 4.78 is 6.91. The van der Waals surface area contributed by atoms with E-state index in [0.717, 1.165) is 11.3 Å². The van der Waals surface area contributed by atoms with Gasteiger partial charge in [-0.15, -0.1) is 12.4 Å². The van der Waals surface area contributed by atoms with Gasteiger partial charge in [-0.25, -0.2) is 4.98 Å². The molecule has 0 aliphatic rings. The summed E-state index contributed by atoms with van der Waals surface area (Å²) in [4.78, 5) is 14.7. The Hall–Kier alpha value is -2.01. The van der Waals surface area contributed by atoms with Crippen molar-refractivity contribution in [2.45, 2.75) is 13.0 Å². The summed E-state index contributed by atoms with van der Waals surface area (Å²) in [5.74, 6) is -0.0541. The van der Waals surface area contributed by atoms with Gasteiger partial charge in [0.25, 0.3) is 0 Å². The Kier molecular flexibility index (Phi) is 5.38. The van der Waals surface area contributed by atoms with E-state index in [2.05, 4.69) is 4.98 Å². The van der Waals surface area contributed by atoms with Crippen molar-refractivity contribution < 1.29 is 14.6 Å². The molecule has 5 nitrogen and oxygen atoms in total. The van der Waals surface area contributed by atoms with Crippen LogP contribution in [0.5, 0.6) is 5.75 Å². The van der Waals surface area contributed by atoms with Crippen LogP contribution in [0.2, 0.25) is 0 Å². The van der Waals surface area contributed by atoms with Gasteiger partial charge in [-0.05, 0) is 17.7 Å². The van der Waals surface area contributed by atoms with Crippen molar-refractivity contribution in [3.8, 4) is 5.75 Å². The number of carboxylic acid groups (broad SMARTS) is 1. The fourth-order valence-electron chi connectivity index (χ4n) is 1.72. The van der Waals surface area contributed by atoms with Crippen LogP contribution < -0.4 is 4.74 Å². The highest BCUT2D eigenvalue weighted by atomic mass is 35.5. The van der Waals surface area contributed by atoms with E-state index in [4.69, 9.17) is 9.84 Å². The van der Waals surface area contributed by atoms with Crippen LogP contribution in [-0.2, 0) is 17.8 Å². The minimum Gasteiger partial charge on any atom is -0.497 e. The van der Waals surface area contributed by atoms with Crippen molar-refractivity contribution in [3.63, 3.8) is 0 Å². The van der Waals surface area contributed by atoms with Gasteiger partial charge in [-0.2, -0.15) is 0 Å². The second-order valence-corrected chi connectivity index (χ2v) is 3.93. The predicted molar refractivity (Wildman–Crippen MR) is 72.9 cm³/mol. The first-order chi connectivity index (χ1) is 8.69. The molecule has 2 aromatic rings. The molecule has 0 saturated heterocycles. The lowest BCUT2D eigenvalue weighted by atomic mass is 10.2. The fourth-order valence-corrected chi connectivity index (χ4v) is 1.72. The van der Waals surface area contributed by atoms with Crippen molar-refractivity contribution in [2.75, 3.05) is 7.11 Å². The van der Waals surface area contributed by atoms with E-state index in [-0.39, 0.29) is 18.8 Å². The highest BCUT2D eigenvalue weighted by Gasteiger charge is 2.07. The SMILES string of the molecule is COc1ccc(Cn2cncc2CC(=O)O)cc1.Cl. The number of benzene rings is 1. The van der Waals surface area contributed by atoms with Crippen molar-refractivity contribution in [3.05, 3.63) is 48.0 Å². The lowest BCUT2D eigenvalue weighted by Crippen LogP contribution is -2.08. The van der Waals surface area contributed by atoms with Gasteiger partial charge in [0.15, 0.2) is 0 Å². The summed E-state index contributed by atoms with van der Waals surface area (Å²) in [6, 6.07) is 7.65. The Morgan fingerprint density at radius 3 is 2.63 bits per heavy atom. The third kappa shape index (κ3) is 3.99. The number of methoxy groups -OCH3 is 1. The first-order valence-corrected chi connectivity index (χ1v) is 5.53. The maximum Gasteiger partial charge on any atom is 0.309 e. The van der Waals surface area contributed by atoms with Gasteiger partial charge in [-0.1, -0.05) is 12.1 Å². The van der Waals surface area contributed by atoms with Crippen LogP contribution in [0.15, 0.2) is 36.8 Å². The van der Waals surface area contributed by atoms with E-state index in [1.807, 2.05) is 28.8 Å². The summed E-state index contributed by atoms with van der Waals surface area (Å²) >= 11 is 0. The van der Waals surface area contributed by atoms with E-state index in [1.54, 1.807) is 19.6 Å². The molecule has 0 aliphatic carbocycles. The van der Waals surface area contributed by atoms with E-state index >= 15 is 0 Å². The molecule has 6 heteroatoms. The number of imidazole rings is 1. The Morgan fingerprint density at radius 1 is 1.37 bits per heavy atom. The minimum atomic E-state index is -0.855. The maximum absolute atomic E-state index is 10.7. The lowest BCUT2D eigenvalue weighted by molar-refractivity contribution is -0.136. The Balaban J connectivity index is 0.00000180. The third-order valence-corrected chi connectivity index (χ3v) is 2.64. The first-order valence-electron chi connectivity index (χ1n) is 5.53. The van der Waals surface area contributed by atoms with Crippen LogP contribution in [0.4, 0.5) is 0 Å². The molecule has 0 radical (unpaired) electrons. The van der Waals surface area contributed by atoms with Gasteiger partial charge in [-0.3, -0.25) is 4.79 Å². The molecular weight excluding hydrogens is 268 g/mol. The second kappa shape index (κ2) is 6.80. The van der Waals surface area contributed by atoms with E-state index in [1.165, 1.54) is 0 Å². The number of halogens is 1. The van der Waals surface area contributed by atoms with Crippen molar-refractivity contribution >= 4 is 18.4 Å². The topological polar surface area (TPSA) is 64.4 Å². The van der Waals surface area contributed by atoms with Crippen LogP contribution in [0.25, 0.3) is 0 Å². The number of hydrogen-bond donors (Lipinski definition) is 1. The van der Waals surface area contributed by atoms with Crippen LogP contribution in [-0.4, -0.2) is 27.7 Å². The molecule has 0 unspecified atom stereocenters. The lowest BCUT2D eigenvalue weighted by Gasteiger charge is -2.07. The zero-order chi connectivity index (χ0) is 13.0. The van der Waals surface area contributed by atoms with Crippen LogP contribution in [0.3, 0.4) is 0 Å². The fraction of sp³-hybridized carbons (Fsp3) is 0.231. The number of ether oxygens (including phenoxy) is 1. The van der Waals surface area contributed by atoms with Crippen molar-refractivity contribution in [2.24, 2.45) is 0 Å². The number of aromatic nitrogens is 2. The van der Waals surface area contributed by atoms with Crippen LogP contribution in [0.1, 0.15) is 11.3 Å². The third-order valence-electron chi connectivity index (χ3n) is 2.64. The summed E-state index contributed by atoms with van der Waals surface area (Å²) in [6.07, 6.45) is 3.20. The Labute approximate surface area is 117 Å². The van der Waals surface area contributed by atoms with Gasteiger partial charge in [0.1, 0.15) is 5.75 Å². The summed E-state index contributed by atoms with van der Waals surface area (Å²) in [5.41, 5.74) is 1.76. The highest BCUT2D eigenvalue weighted by Crippen LogP contribution is 2.13. The summed E-state index contributed by atoms with van der Waals surface area (Å²) in [7, 11) is 1.62. The second-order valence-electron chi connectivity index (χ2n) is 3.93. The van der Waals surface area contributed by atoms with Crippen LogP contribution >= 0.6 is 12.4 Å². The first kappa shape index (κ1) is 15.0. The average molecular weight is 283 g/mol. The standard InChI is InChI=1S/C13H14N2O3.ClH/c1-18-12-4-2-10(3-5-12)8-15-9-14-7-11(15)6-13(16)17;/h2-5,7,9H,6,8H2,1H3,(H,16,17);1H. The molecule has 0 atom stereocenters. The van der Waals surface area contributed by atoms with Gasteiger partial charge >= 0.3 is 5.97 Å². The molecule has 0 saturated carbocycles. The zero-order valence-corrected chi connectivity index (χ0v) is 11.3. The highest BCUT2D eigenvalue weighted by molar-refractivity contribution is 5.85. The number of hydrogen-bond acceptors (Lipinski definition) is 3. The Bertz CT molecular complexity index is 537. The van der Waals surface area contributed by atoms with Gasteiger partial charge in [0.05, 0.1) is 19.9 Å². The average Bonchev–Trinajstić information content (AvgIpc) is 2.77. The van der Waals surface area contributed by atoms with E-state index in [9.17, 15) is 4.79 Å². The van der Waals surface area contributed by atoms with Gasteiger partial charge in [0, 0.05) is 18.4 Å². The molecule has 1 aromatic carbocycles. The van der Waals surface area contributed by atoms with Gasteiger partial charge < -0.3 is 14.4 Å². The molecule has 102 valence electrons. The molecule has 0 fully saturated rings. The molecule has 0 spiro atoms. The monoisotopic (exact) mass is 282 g/mol. The number of carbonyl (C=O) groups is 1. The molecule has 19 heavy (non-hydrogen) atoms. The quantitative estimate of drug-likeness (QED) is 0.911. The molecule has 1 heterocycles. The van der Waals surface area contributed by atoms with Crippen LogP contribution in [0, 0.1) is 0 Å². The smallest absolute Gasteiger partial charge is 0.309 e. The molecule has 2 rings (SSSR count). The predicted octanol–water partition coefficient (Wildman–Crippen LogP) is 1.99. The summed E-state index contributed by atoms with van der Waals surface area (Å²) in [5, 5.41) is 8.79. The minimum absolute atomic E-state index is 0. The molecule has 0 bridgehead atoms. The molecule has 1 aromatic heterocycles. The van der Waals surface area contributed by atoms with Crippen molar-refractivity contribution in [1.29, 1.82) is 0 Å². The van der Waals surface area contributed by atoms with E-state index in [0.29, 0.717) is 12.2 Å². The molecule has 0 aliphatic heterocycles. The largest absolute Gasteiger partial charge is 0.497 e. The van der Waals surface area contributed by atoms with E-state index < -0.39 is 5.97 Å². The van der Waals surface area contributed by atoms with Crippen molar-refractivity contribution in [1.82, 2.24) is 9.55 Å². The number of nitrogens with zero attached hydrogens (tertiary/aromatic N) is 2. The number of aliphatic carboxylic acids is 1. The number of rotatable bonds is 5. The zero-order valence-electron chi connectivity index (χ0n) is 10.4. The molecule has 1 N–H and O–H groups in total. The molecule has 0 amide bonds. The normalized spacial score (nSPS) is 9.74. The number of carboxylic acids is 1. The molecular formula is C13H15ClN2O3.